The molecule has 1 heterocycles. The molecule has 0 fully saturated rings. The van der Waals surface area contributed by atoms with Crippen LogP contribution in [-0.4, -0.2) is 47.7 Å². The quantitative estimate of drug-likeness (QED) is 0.428. The molecule has 0 saturated heterocycles. The van der Waals surface area contributed by atoms with Crippen LogP contribution in [0.4, 0.5) is 5.69 Å². The molecule has 0 bridgehead atoms. The van der Waals surface area contributed by atoms with E-state index in [1.807, 2.05) is 37.4 Å². The largest absolute Gasteiger partial charge is 0.457 e. The van der Waals surface area contributed by atoms with Gasteiger partial charge in [0.2, 0.25) is 5.96 Å². The molecule has 0 spiro atoms. The lowest BCUT2D eigenvalue weighted by Gasteiger charge is -2.21. The number of rotatable bonds is 6. The number of pyridine rings is 1. The SMILES string of the molecule is CN=C(N)N(C)NC(=Nc1ccc(Oc2ccncc2)cc1)/C(C)=C/N=CSC. The van der Waals surface area contributed by atoms with E-state index >= 15 is 0 Å². The molecule has 0 amide bonds. The lowest BCUT2D eigenvalue weighted by Crippen LogP contribution is -2.47. The molecule has 0 aliphatic heterocycles. The molecule has 2 aromatic rings. The first-order chi connectivity index (χ1) is 14.0. The van der Waals surface area contributed by atoms with Crippen LogP contribution >= 0.6 is 11.8 Å². The first kappa shape index (κ1) is 22.0. The zero-order valence-electron chi connectivity index (χ0n) is 16.9. The van der Waals surface area contributed by atoms with E-state index < -0.39 is 0 Å². The average Bonchev–Trinajstić information content (AvgIpc) is 2.74. The number of ether oxygens (including phenoxy) is 1. The fourth-order valence-corrected chi connectivity index (χ4v) is 2.27. The number of guanidine groups is 1. The number of hydrazine groups is 1. The maximum Gasteiger partial charge on any atom is 0.209 e. The highest BCUT2D eigenvalue weighted by Gasteiger charge is 2.08. The molecular weight excluding hydrogens is 386 g/mol. The third-order valence-electron chi connectivity index (χ3n) is 3.62. The highest BCUT2D eigenvalue weighted by atomic mass is 32.2. The number of thioether (sulfide) groups is 1. The van der Waals surface area contributed by atoms with Crippen molar-refractivity contribution >= 4 is 34.8 Å². The summed E-state index contributed by atoms with van der Waals surface area (Å²) in [5.41, 5.74) is 12.3. The van der Waals surface area contributed by atoms with E-state index in [1.54, 1.807) is 55.4 Å². The molecule has 1 aromatic carbocycles. The molecule has 0 radical (unpaired) electrons. The Morgan fingerprint density at radius 2 is 1.83 bits per heavy atom. The zero-order chi connectivity index (χ0) is 21.1. The van der Waals surface area contributed by atoms with Crippen molar-refractivity contribution in [3.63, 3.8) is 0 Å². The number of aliphatic imine (C=N–C) groups is 3. The van der Waals surface area contributed by atoms with Crippen LogP contribution in [-0.2, 0) is 0 Å². The van der Waals surface area contributed by atoms with Gasteiger partial charge in [-0.2, -0.15) is 0 Å². The molecule has 152 valence electrons. The van der Waals surface area contributed by atoms with Crippen molar-refractivity contribution in [1.29, 1.82) is 0 Å². The Balaban J connectivity index is 2.24. The molecule has 0 aliphatic carbocycles. The summed E-state index contributed by atoms with van der Waals surface area (Å²) in [6.07, 6.45) is 7.04. The van der Waals surface area contributed by atoms with Gasteiger partial charge in [-0.25, -0.2) is 4.99 Å². The highest BCUT2D eigenvalue weighted by molar-refractivity contribution is 8.11. The summed E-state index contributed by atoms with van der Waals surface area (Å²) in [4.78, 5) is 16.9. The number of nitrogens with two attached hydrogens (primary N) is 1. The van der Waals surface area contributed by atoms with E-state index in [0.29, 0.717) is 17.5 Å². The Morgan fingerprint density at radius 3 is 2.45 bits per heavy atom. The van der Waals surface area contributed by atoms with Crippen molar-refractivity contribution in [3.05, 3.63) is 60.6 Å². The molecule has 0 aliphatic rings. The normalized spacial score (nSPS) is 12.9. The summed E-state index contributed by atoms with van der Waals surface area (Å²) in [5.74, 6) is 2.36. The molecule has 1 aromatic heterocycles. The molecule has 9 heteroatoms. The minimum absolute atomic E-state index is 0.333. The van der Waals surface area contributed by atoms with Crippen LogP contribution in [0.25, 0.3) is 0 Å². The Hall–Kier alpha value is -3.33. The smallest absolute Gasteiger partial charge is 0.209 e. The number of benzene rings is 1. The van der Waals surface area contributed by atoms with Gasteiger partial charge in [-0.15, -0.1) is 11.8 Å². The third kappa shape index (κ3) is 7.30. The summed E-state index contributed by atoms with van der Waals surface area (Å²) >= 11 is 1.52. The molecule has 0 unspecified atom stereocenters. The fourth-order valence-electron chi connectivity index (χ4n) is 2.09. The van der Waals surface area contributed by atoms with Gasteiger partial charge in [0, 0.05) is 38.3 Å². The highest BCUT2D eigenvalue weighted by Crippen LogP contribution is 2.23. The van der Waals surface area contributed by atoms with E-state index in [4.69, 9.17) is 10.5 Å². The topological polar surface area (TPSA) is 100 Å². The van der Waals surface area contributed by atoms with Crippen LogP contribution in [0.5, 0.6) is 11.5 Å². The Kier molecular flexibility index (Phi) is 8.71. The summed E-state index contributed by atoms with van der Waals surface area (Å²) in [6.45, 7) is 1.91. The first-order valence-electron chi connectivity index (χ1n) is 8.74. The molecule has 0 saturated carbocycles. The summed E-state index contributed by atoms with van der Waals surface area (Å²) in [6, 6.07) is 11.0. The maximum atomic E-state index is 5.86. The Morgan fingerprint density at radius 1 is 1.17 bits per heavy atom. The number of nitrogens with zero attached hydrogens (tertiary/aromatic N) is 5. The number of nitrogens with one attached hydrogen (secondary N) is 1. The van der Waals surface area contributed by atoms with E-state index in [0.717, 1.165) is 17.0 Å². The standard InChI is InChI=1S/C20H25N7OS/c1-15(13-24-14-29-4)19(26-27(3)20(21)22-2)25-16-5-7-17(8-6-16)28-18-9-11-23-12-10-18/h5-14H,1-4H3,(H2,21,22)(H,25,26)/b15-13+,24-14?. The summed E-state index contributed by atoms with van der Waals surface area (Å²) < 4.78 is 5.78. The molecular formula is C20H25N7OS. The van der Waals surface area contributed by atoms with Crippen LogP contribution < -0.4 is 15.9 Å². The van der Waals surface area contributed by atoms with Gasteiger partial charge < -0.3 is 10.5 Å². The van der Waals surface area contributed by atoms with Gasteiger partial charge in [-0.3, -0.25) is 25.4 Å². The number of aromatic nitrogens is 1. The van der Waals surface area contributed by atoms with E-state index in [9.17, 15) is 0 Å². The lowest BCUT2D eigenvalue weighted by atomic mass is 10.2. The number of amidine groups is 1. The molecule has 3 N–H and O–H groups in total. The second-order valence-corrected chi connectivity index (χ2v) is 6.48. The predicted molar refractivity (Wildman–Crippen MR) is 122 cm³/mol. The van der Waals surface area contributed by atoms with Gasteiger partial charge in [0.05, 0.1) is 11.2 Å². The van der Waals surface area contributed by atoms with Crippen molar-refractivity contribution in [2.45, 2.75) is 6.92 Å². The van der Waals surface area contributed by atoms with Crippen LogP contribution in [0.15, 0.2) is 75.5 Å². The lowest BCUT2D eigenvalue weighted by molar-refractivity contribution is 0.450. The van der Waals surface area contributed by atoms with Crippen molar-refractivity contribution < 1.29 is 4.74 Å². The second-order valence-electron chi connectivity index (χ2n) is 5.79. The van der Waals surface area contributed by atoms with Crippen LogP contribution in [0.2, 0.25) is 0 Å². The monoisotopic (exact) mass is 411 g/mol. The van der Waals surface area contributed by atoms with E-state index in [2.05, 4.69) is 25.4 Å². The van der Waals surface area contributed by atoms with Crippen molar-refractivity contribution in [2.24, 2.45) is 20.7 Å². The van der Waals surface area contributed by atoms with Crippen LogP contribution in [0.1, 0.15) is 6.92 Å². The van der Waals surface area contributed by atoms with Crippen molar-refractivity contribution in [2.75, 3.05) is 20.4 Å². The minimum atomic E-state index is 0.333. The third-order valence-corrected chi connectivity index (χ3v) is 3.95. The molecule has 8 nitrogen and oxygen atoms in total. The minimum Gasteiger partial charge on any atom is -0.457 e. The number of hydrogen-bond donors (Lipinski definition) is 2. The Bertz CT molecular complexity index is 893. The van der Waals surface area contributed by atoms with Gasteiger partial charge in [0.1, 0.15) is 17.3 Å². The van der Waals surface area contributed by atoms with E-state index in [-0.39, 0.29) is 0 Å². The second kappa shape index (κ2) is 11.5. The summed E-state index contributed by atoms with van der Waals surface area (Å²) in [5, 5.41) is 1.59. The maximum absolute atomic E-state index is 5.86. The van der Waals surface area contributed by atoms with Gasteiger partial charge >= 0.3 is 0 Å². The van der Waals surface area contributed by atoms with E-state index in [1.165, 1.54) is 11.8 Å². The van der Waals surface area contributed by atoms with Gasteiger partial charge in [-0.05, 0) is 49.6 Å². The predicted octanol–water partition coefficient (Wildman–Crippen LogP) is 3.58. The average molecular weight is 412 g/mol. The van der Waals surface area contributed by atoms with Gasteiger partial charge in [0.15, 0.2) is 0 Å². The molecule has 2 rings (SSSR count). The Labute approximate surface area is 175 Å². The number of hydrogen-bond acceptors (Lipinski definition) is 6. The van der Waals surface area contributed by atoms with Crippen LogP contribution in [0, 0.1) is 0 Å². The van der Waals surface area contributed by atoms with Gasteiger partial charge in [-0.1, -0.05) is 0 Å². The van der Waals surface area contributed by atoms with Crippen LogP contribution in [0.3, 0.4) is 0 Å². The van der Waals surface area contributed by atoms with Gasteiger partial charge in [0.25, 0.3) is 0 Å². The van der Waals surface area contributed by atoms with Crippen molar-refractivity contribution in [3.8, 4) is 11.5 Å². The van der Waals surface area contributed by atoms with Crippen molar-refractivity contribution in [1.82, 2.24) is 15.4 Å². The zero-order valence-corrected chi connectivity index (χ0v) is 17.7. The summed E-state index contributed by atoms with van der Waals surface area (Å²) in [7, 11) is 3.39. The first-order valence-corrected chi connectivity index (χ1v) is 10.0. The molecule has 0 atom stereocenters. The molecule has 29 heavy (non-hydrogen) atoms. The fraction of sp³-hybridized carbons (Fsp3) is 0.200.